The second-order valence-corrected chi connectivity index (χ2v) is 9.02. The molecule has 0 saturated carbocycles. The van der Waals surface area contributed by atoms with Gasteiger partial charge < -0.3 is 15.4 Å². The van der Waals surface area contributed by atoms with Crippen LogP contribution >= 0.6 is 0 Å². The number of rotatable bonds is 7. The average molecular weight is 498 g/mol. The topological polar surface area (TPSA) is 117 Å². The first-order valence-electron chi connectivity index (χ1n) is 12.2. The zero-order chi connectivity index (χ0) is 25.4. The van der Waals surface area contributed by atoms with E-state index in [2.05, 4.69) is 27.3 Å². The first-order chi connectivity index (χ1) is 18.1. The number of hydrogen-bond acceptors (Lipinski definition) is 8. The smallest absolute Gasteiger partial charge is 0.278 e. The molecule has 0 unspecified atom stereocenters. The highest BCUT2D eigenvalue weighted by molar-refractivity contribution is 5.83. The number of nitrogens with one attached hydrogen (secondary N) is 2. The lowest BCUT2D eigenvalue weighted by molar-refractivity contribution is 0.156. The maximum atomic E-state index is 13.3. The lowest BCUT2D eigenvalue weighted by atomic mass is 10.1. The van der Waals surface area contributed by atoms with Crippen LogP contribution in [0.5, 0.6) is 5.88 Å². The minimum absolute atomic E-state index is 0.107. The number of aromatic nitrogens is 7. The van der Waals surface area contributed by atoms with Crippen LogP contribution in [0.25, 0.3) is 27.8 Å². The van der Waals surface area contributed by atoms with Crippen molar-refractivity contribution in [2.45, 2.75) is 25.5 Å². The molecule has 5 heterocycles. The van der Waals surface area contributed by atoms with E-state index in [1.54, 1.807) is 20.1 Å². The van der Waals surface area contributed by atoms with E-state index >= 15 is 0 Å². The number of ether oxygens (including phenoxy) is 1. The van der Waals surface area contributed by atoms with Crippen molar-refractivity contribution in [1.29, 1.82) is 0 Å². The van der Waals surface area contributed by atoms with Gasteiger partial charge in [-0.25, -0.2) is 14.3 Å². The van der Waals surface area contributed by atoms with Crippen molar-refractivity contribution < 1.29 is 4.74 Å². The van der Waals surface area contributed by atoms with Gasteiger partial charge in [-0.3, -0.25) is 9.48 Å². The number of anilines is 2. The van der Waals surface area contributed by atoms with Crippen LogP contribution in [0.15, 0.2) is 66.2 Å². The van der Waals surface area contributed by atoms with Crippen LogP contribution in [0.3, 0.4) is 0 Å². The molecule has 0 bridgehead atoms. The summed E-state index contributed by atoms with van der Waals surface area (Å²) in [4.78, 5) is 27.1. The van der Waals surface area contributed by atoms with Crippen molar-refractivity contribution in [2.24, 2.45) is 7.05 Å². The van der Waals surface area contributed by atoms with Crippen molar-refractivity contribution in [3.8, 4) is 11.7 Å². The van der Waals surface area contributed by atoms with Crippen LogP contribution in [0.2, 0.25) is 0 Å². The third-order valence-electron chi connectivity index (χ3n) is 6.35. The Bertz CT molecular complexity index is 1660. The summed E-state index contributed by atoms with van der Waals surface area (Å²) in [6, 6.07) is 11.4. The zero-order valence-electron chi connectivity index (χ0n) is 20.5. The van der Waals surface area contributed by atoms with E-state index < -0.39 is 0 Å². The predicted molar refractivity (Wildman–Crippen MR) is 142 cm³/mol. The van der Waals surface area contributed by atoms with Gasteiger partial charge >= 0.3 is 0 Å². The molecule has 0 radical (unpaired) electrons. The maximum Gasteiger partial charge on any atom is 0.278 e. The van der Waals surface area contributed by atoms with Crippen molar-refractivity contribution >= 4 is 33.6 Å². The molecule has 4 aromatic heterocycles. The molecule has 6 rings (SSSR count). The second kappa shape index (κ2) is 9.51. The van der Waals surface area contributed by atoms with Crippen molar-refractivity contribution in [1.82, 2.24) is 39.4 Å². The summed E-state index contributed by atoms with van der Waals surface area (Å²) in [5.74, 6) is 1.40. The van der Waals surface area contributed by atoms with Gasteiger partial charge in [0.1, 0.15) is 11.5 Å². The molecule has 11 nitrogen and oxygen atoms in total. The SMILES string of the molecule is C=CCn1c(=O)c2cnc(Nc3ccc4cn(C)nc4c3)nc2n1-c1cccc(OC2CCNCC2)n1. The zero-order valence-corrected chi connectivity index (χ0v) is 20.5. The van der Waals surface area contributed by atoms with Gasteiger partial charge in [0.05, 0.1) is 12.1 Å². The van der Waals surface area contributed by atoms with Gasteiger partial charge in [-0.1, -0.05) is 12.1 Å². The summed E-state index contributed by atoms with van der Waals surface area (Å²) in [6.07, 6.45) is 7.12. The molecular weight excluding hydrogens is 470 g/mol. The summed E-state index contributed by atoms with van der Waals surface area (Å²) in [7, 11) is 1.89. The Morgan fingerprint density at radius 1 is 1.22 bits per heavy atom. The van der Waals surface area contributed by atoms with Gasteiger partial charge in [0.2, 0.25) is 11.8 Å². The molecule has 1 aromatic carbocycles. The van der Waals surface area contributed by atoms with Gasteiger partial charge in [0.25, 0.3) is 5.56 Å². The van der Waals surface area contributed by atoms with Gasteiger partial charge in [-0.05, 0) is 50.2 Å². The second-order valence-electron chi connectivity index (χ2n) is 9.02. The molecule has 11 heteroatoms. The lowest BCUT2D eigenvalue weighted by Gasteiger charge is -2.23. The molecule has 188 valence electrons. The Kier molecular flexibility index (Phi) is 5.89. The quantitative estimate of drug-likeness (QED) is 0.330. The summed E-state index contributed by atoms with van der Waals surface area (Å²) >= 11 is 0. The molecule has 1 aliphatic rings. The first-order valence-corrected chi connectivity index (χ1v) is 12.2. The molecule has 0 aliphatic carbocycles. The lowest BCUT2D eigenvalue weighted by Crippen LogP contribution is -2.34. The number of hydrogen-bond donors (Lipinski definition) is 2. The van der Waals surface area contributed by atoms with E-state index in [9.17, 15) is 4.79 Å². The van der Waals surface area contributed by atoms with E-state index in [1.807, 2.05) is 49.6 Å². The highest BCUT2D eigenvalue weighted by atomic mass is 16.5. The van der Waals surface area contributed by atoms with Crippen LogP contribution < -0.4 is 20.9 Å². The largest absolute Gasteiger partial charge is 0.474 e. The predicted octanol–water partition coefficient (Wildman–Crippen LogP) is 2.92. The van der Waals surface area contributed by atoms with E-state index in [-0.39, 0.29) is 18.2 Å². The molecular formula is C26H27N9O2. The minimum atomic E-state index is -0.220. The Labute approximate surface area is 212 Å². The fraction of sp³-hybridized carbons (Fsp3) is 0.269. The fourth-order valence-electron chi connectivity index (χ4n) is 4.63. The number of fused-ring (bicyclic) bond motifs is 2. The normalized spacial score (nSPS) is 14.3. The number of aryl methyl sites for hydroxylation is 1. The highest BCUT2D eigenvalue weighted by Crippen LogP contribution is 2.23. The molecule has 2 N–H and O–H groups in total. The summed E-state index contributed by atoms with van der Waals surface area (Å²) < 4.78 is 11.2. The molecule has 1 saturated heterocycles. The number of allylic oxidation sites excluding steroid dienone is 1. The molecule has 0 amide bonds. The van der Waals surface area contributed by atoms with Gasteiger partial charge in [0.15, 0.2) is 11.5 Å². The van der Waals surface area contributed by atoms with Crippen molar-refractivity contribution in [3.63, 3.8) is 0 Å². The average Bonchev–Trinajstić information content (AvgIpc) is 3.40. The van der Waals surface area contributed by atoms with E-state index in [1.165, 1.54) is 6.20 Å². The third-order valence-corrected chi connectivity index (χ3v) is 6.35. The molecule has 1 fully saturated rings. The molecule has 37 heavy (non-hydrogen) atoms. The molecule has 0 spiro atoms. The summed E-state index contributed by atoms with van der Waals surface area (Å²) in [5.41, 5.74) is 1.87. The molecule has 0 atom stereocenters. The van der Waals surface area contributed by atoms with E-state index in [0.717, 1.165) is 42.5 Å². The first kappa shape index (κ1) is 22.9. The number of benzene rings is 1. The van der Waals surface area contributed by atoms with Gasteiger partial charge in [0, 0.05) is 36.6 Å². The van der Waals surface area contributed by atoms with Gasteiger partial charge in [-0.15, -0.1) is 6.58 Å². The van der Waals surface area contributed by atoms with Crippen LogP contribution in [-0.4, -0.2) is 53.3 Å². The molecule has 5 aromatic rings. The number of pyridine rings is 1. The fourth-order valence-corrected chi connectivity index (χ4v) is 4.63. The van der Waals surface area contributed by atoms with Crippen LogP contribution in [0.1, 0.15) is 12.8 Å². The van der Waals surface area contributed by atoms with Crippen molar-refractivity contribution in [2.75, 3.05) is 18.4 Å². The molecule has 1 aliphatic heterocycles. The summed E-state index contributed by atoms with van der Waals surface area (Å²) in [6.45, 7) is 5.95. The van der Waals surface area contributed by atoms with Crippen LogP contribution in [-0.2, 0) is 13.6 Å². The minimum Gasteiger partial charge on any atom is -0.474 e. The van der Waals surface area contributed by atoms with E-state index in [0.29, 0.717) is 28.7 Å². The monoisotopic (exact) mass is 497 g/mol. The van der Waals surface area contributed by atoms with Crippen molar-refractivity contribution in [3.05, 3.63) is 71.8 Å². The summed E-state index contributed by atoms with van der Waals surface area (Å²) in [5, 5.41) is 12.5. The third kappa shape index (κ3) is 4.45. The maximum absolute atomic E-state index is 13.3. The number of nitrogens with zero attached hydrogens (tertiary/aromatic N) is 7. The van der Waals surface area contributed by atoms with Crippen LogP contribution in [0.4, 0.5) is 11.6 Å². The van der Waals surface area contributed by atoms with E-state index in [4.69, 9.17) is 14.7 Å². The highest BCUT2D eigenvalue weighted by Gasteiger charge is 2.20. The van der Waals surface area contributed by atoms with Gasteiger partial charge in [-0.2, -0.15) is 15.1 Å². The Balaban J connectivity index is 1.40. The van der Waals surface area contributed by atoms with Crippen LogP contribution in [0, 0.1) is 0 Å². The standard InChI is InChI=1S/C26H27N9O2/c1-3-13-34-25(36)20-15-28-26(29-18-8-7-17-16-33(2)32-21(17)14-18)31-24(20)35(34)22-5-4-6-23(30-22)37-19-9-11-27-12-10-19/h3-8,14-16,19,27H,1,9-13H2,2H3,(H,28,29,31). The Morgan fingerprint density at radius 3 is 2.92 bits per heavy atom. The Morgan fingerprint density at radius 2 is 2.08 bits per heavy atom. The number of piperidine rings is 1. The Hall–Kier alpha value is -4.51.